The van der Waals surface area contributed by atoms with Crippen molar-refractivity contribution in [3.63, 3.8) is 0 Å². The van der Waals surface area contributed by atoms with Crippen molar-refractivity contribution in [1.29, 1.82) is 0 Å². The maximum atomic E-state index is 12.9. The normalized spacial score (nSPS) is 10.1. The Kier molecular flexibility index (Phi) is 8.89. The van der Waals surface area contributed by atoms with Crippen molar-refractivity contribution in [3.8, 4) is 0 Å². The molecule has 146 valence electrons. The van der Waals surface area contributed by atoms with Crippen LogP contribution in [0, 0.1) is 6.92 Å². The van der Waals surface area contributed by atoms with Crippen molar-refractivity contribution in [2.24, 2.45) is 0 Å². The number of nitrogen functional groups attached to an aromatic ring is 1. The summed E-state index contributed by atoms with van der Waals surface area (Å²) in [5, 5.41) is 3.54. The zero-order valence-corrected chi connectivity index (χ0v) is 17.4. The molecule has 0 radical (unpaired) electrons. The predicted octanol–water partition coefficient (Wildman–Crippen LogP) is 4.80. The maximum Gasteiger partial charge on any atom is 0.254 e. The van der Waals surface area contributed by atoms with Crippen molar-refractivity contribution < 1.29 is 9.59 Å². The average molecular weight is 431 g/mol. The molecule has 0 spiro atoms. The second-order valence-electron chi connectivity index (χ2n) is 5.97. The van der Waals surface area contributed by atoms with Crippen LogP contribution in [0.25, 0.3) is 0 Å². The van der Waals surface area contributed by atoms with Crippen LogP contribution in [-0.4, -0.2) is 29.8 Å². The lowest BCUT2D eigenvalue weighted by molar-refractivity contribution is -0.116. The molecule has 8 heteroatoms. The van der Waals surface area contributed by atoms with E-state index in [1.54, 1.807) is 36.4 Å². The van der Waals surface area contributed by atoms with E-state index in [0.717, 1.165) is 12.0 Å². The van der Waals surface area contributed by atoms with Gasteiger partial charge in [-0.2, -0.15) is 0 Å². The first-order valence-electron chi connectivity index (χ1n) is 8.22. The van der Waals surface area contributed by atoms with Crippen molar-refractivity contribution >= 4 is 58.8 Å². The maximum absolute atomic E-state index is 12.9. The number of benzene rings is 2. The highest BCUT2D eigenvalue weighted by Crippen LogP contribution is 2.25. The summed E-state index contributed by atoms with van der Waals surface area (Å²) in [7, 11) is 0. The third kappa shape index (κ3) is 6.31. The molecule has 0 atom stereocenters. The molecule has 2 aromatic carbocycles. The summed E-state index contributed by atoms with van der Waals surface area (Å²) >= 11 is 12.0. The van der Waals surface area contributed by atoms with E-state index in [1.807, 2.05) is 13.8 Å². The lowest BCUT2D eigenvalue weighted by Crippen LogP contribution is -2.38. The summed E-state index contributed by atoms with van der Waals surface area (Å²) < 4.78 is 0. The molecule has 0 unspecified atom stereocenters. The highest BCUT2D eigenvalue weighted by Gasteiger charge is 2.20. The van der Waals surface area contributed by atoms with Gasteiger partial charge in [-0.15, -0.1) is 12.4 Å². The van der Waals surface area contributed by atoms with Crippen LogP contribution in [0.2, 0.25) is 10.0 Å². The molecule has 0 heterocycles. The van der Waals surface area contributed by atoms with Crippen molar-refractivity contribution in [2.75, 3.05) is 24.1 Å². The van der Waals surface area contributed by atoms with Gasteiger partial charge in [0.05, 0.1) is 10.7 Å². The number of nitrogens with zero attached hydrogens (tertiary/aromatic N) is 1. The number of carbonyl (C=O) groups is 2. The molecule has 2 rings (SSSR count). The monoisotopic (exact) mass is 429 g/mol. The predicted molar refractivity (Wildman–Crippen MR) is 114 cm³/mol. The molecular weight excluding hydrogens is 409 g/mol. The molecule has 0 saturated heterocycles. The second kappa shape index (κ2) is 10.4. The van der Waals surface area contributed by atoms with E-state index in [0.29, 0.717) is 33.5 Å². The van der Waals surface area contributed by atoms with Gasteiger partial charge < -0.3 is 16.0 Å². The van der Waals surface area contributed by atoms with Gasteiger partial charge >= 0.3 is 0 Å². The van der Waals surface area contributed by atoms with E-state index < -0.39 is 0 Å². The Morgan fingerprint density at radius 3 is 2.52 bits per heavy atom. The molecule has 0 aromatic heterocycles. The van der Waals surface area contributed by atoms with Gasteiger partial charge in [0, 0.05) is 22.8 Å². The van der Waals surface area contributed by atoms with Crippen LogP contribution < -0.4 is 11.1 Å². The van der Waals surface area contributed by atoms with Crippen LogP contribution in [0.1, 0.15) is 29.3 Å². The number of hydrogen-bond acceptors (Lipinski definition) is 3. The lowest BCUT2D eigenvalue weighted by atomic mass is 10.1. The van der Waals surface area contributed by atoms with E-state index >= 15 is 0 Å². The Labute approximate surface area is 175 Å². The number of aryl methyl sites for hydroxylation is 1. The zero-order valence-electron chi connectivity index (χ0n) is 15.1. The summed E-state index contributed by atoms with van der Waals surface area (Å²) in [6, 6.07) is 9.96. The zero-order chi connectivity index (χ0) is 19.3. The Bertz CT molecular complexity index is 828. The van der Waals surface area contributed by atoms with Crippen LogP contribution in [0.5, 0.6) is 0 Å². The first-order valence-corrected chi connectivity index (χ1v) is 8.97. The van der Waals surface area contributed by atoms with Crippen molar-refractivity contribution in [2.45, 2.75) is 20.3 Å². The molecule has 5 nitrogen and oxygen atoms in total. The summed E-state index contributed by atoms with van der Waals surface area (Å²) in [6.45, 7) is 4.13. The van der Waals surface area contributed by atoms with Crippen molar-refractivity contribution in [1.82, 2.24) is 4.90 Å². The van der Waals surface area contributed by atoms with E-state index in [-0.39, 0.29) is 30.8 Å². The summed E-state index contributed by atoms with van der Waals surface area (Å²) in [4.78, 5) is 26.8. The molecule has 3 N–H and O–H groups in total. The Morgan fingerprint density at radius 1 is 1.15 bits per heavy atom. The average Bonchev–Trinajstić information content (AvgIpc) is 2.59. The molecule has 27 heavy (non-hydrogen) atoms. The minimum Gasteiger partial charge on any atom is -0.399 e. The summed E-state index contributed by atoms with van der Waals surface area (Å²) in [6.07, 6.45) is 0.721. The molecule has 0 aliphatic carbocycles. The van der Waals surface area contributed by atoms with Gasteiger partial charge in [0.25, 0.3) is 5.91 Å². The molecular formula is C19H22Cl3N3O2. The number of nitrogens with one attached hydrogen (secondary N) is 1. The third-order valence-electron chi connectivity index (χ3n) is 3.81. The Hall–Kier alpha value is -1.95. The Balaban J connectivity index is 0.00000364. The number of halogens is 3. The van der Waals surface area contributed by atoms with Gasteiger partial charge in [0.1, 0.15) is 6.54 Å². The minimum absolute atomic E-state index is 0. The molecule has 0 aliphatic heterocycles. The van der Waals surface area contributed by atoms with Crippen LogP contribution in [-0.2, 0) is 4.79 Å². The molecule has 0 fully saturated rings. The quantitative estimate of drug-likeness (QED) is 0.647. The fourth-order valence-electron chi connectivity index (χ4n) is 2.52. The van der Waals surface area contributed by atoms with Gasteiger partial charge in [-0.1, -0.05) is 36.2 Å². The summed E-state index contributed by atoms with van der Waals surface area (Å²) in [5.74, 6) is -0.582. The van der Waals surface area contributed by atoms with Crippen LogP contribution >= 0.6 is 35.6 Å². The first kappa shape index (κ1) is 23.1. The summed E-state index contributed by atoms with van der Waals surface area (Å²) in [5.41, 5.74) is 8.01. The van der Waals surface area contributed by atoms with E-state index in [1.165, 1.54) is 4.90 Å². The highest BCUT2D eigenvalue weighted by atomic mass is 35.5. The smallest absolute Gasteiger partial charge is 0.254 e. The first-order chi connectivity index (χ1) is 12.3. The molecule has 2 amide bonds. The number of hydrogen-bond donors (Lipinski definition) is 2. The standard InChI is InChI=1S/C19H21Cl2N3O2.ClH/c1-3-8-24(19(26)15-10-14(22)6-4-12(15)2)11-18(25)23-17-9-13(20)5-7-16(17)21;/h4-7,9-10H,3,8,11,22H2,1-2H3,(H,23,25);1H. The molecule has 0 saturated carbocycles. The highest BCUT2D eigenvalue weighted by molar-refractivity contribution is 6.35. The minimum atomic E-state index is -0.350. The molecule has 0 bridgehead atoms. The number of rotatable bonds is 6. The number of amides is 2. The topological polar surface area (TPSA) is 75.4 Å². The van der Waals surface area contributed by atoms with Gasteiger partial charge in [-0.3, -0.25) is 9.59 Å². The number of carbonyl (C=O) groups excluding carboxylic acids is 2. The fraction of sp³-hybridized carbons (Fsp3) is 0.263. The van der Waals surface area contributed by atoms with Crippen LogP contribution in [0.4, 0.5) is 11.4 Å². The number of anilines is 2. The second-order valence-corrected chi connectivity index (χ2v) is 6.82. The van der Waals surface area contributed by atoms with Gasteiger partial charge in [0.15, 0.2) is 0 Å². The lowest BCUT2D eigenvalue weighted by Gasteiger charge is -2.23. The van der Waals surface area contributed by atoms with Gasteiger partial charge in [0.2, 0.25) is 5.91 Å². The molecule has 0 aliphatic rings. The largest absolute Gasteiger partial charge is 0.399 e. The van der Waals surface area contributed by atoms with Gasteiger partial charge in [-0.05, 0) is 49.2 Å². The van der Waals surface area contributed by atoms with Crippen LogP contribution in [0.3, 0.4) is 0 Å². The molecule has 2 aromatic rings. The number of nitrogens with two attached hydrogens (primary N) is 1. The SMILES string of the molecule is CCCN(CC(=O)Nc1cc(Cl)ccc1Cl)C(=O)c1cc(N)ccc1C.Cl. The Morgan fingerprint density at radius 2 is 1.85 bits per heavy atom. The fourth-order valence-corrected chi connectivity index (χ4v) is 2.86. The van der Waals surface area contributed by atoms with E-state index in [2.05, 4.69) is 5.32 Å². The van der Waals surface area contributed by atoms with E-state index in [4.69, 9.17) is 28.9 Å². The van der Waals surface area contributed by atoms with E-state index in [9.17, 15) is 9.59 Å². The van der Waals surface area contributed by atoms with Gasteiger partial charge in [-0.25, -0.2) is 0 Å². The van der Waals surface area contributed by atoms with Crippen LogP contribution in [0.15, 0.2) is 36.4 Å². The third-order valence-corrected chi connectivity index (χ3v) is 4.37. The van der Waals surface area contributed by atoms with Crippen molar-refractivity contribution in [3.05, 3.63) is 57.6 Å².